The van der Waals surface area contributed by atoms with E-state index < -0.39 is 11.7 Å². The van der Waals surface area contributed by atoms with Crippen molar-refractivity contribution in [3.05, 3.63) is 78.0 Å². The summed E-state index contributed by atoms with van der Waals surface area (Å²) < 4.78 is 41.1. The van der Waals surface area contributed by atoms with Crippen LogP contribution in [-0.4, -0.2) is 23.1 Å². The number of rotatable bonds is 4. The molecule has 0 atom stereocenters. The van der Waals surface area contributed by atoms with Gasteiger partial charge in [-0.15, -0.1) is 0 Å². The fourth-order valence-corrected chi connectivity index (χ4v) is 4.82. The number of nitrogens with one attached hydrogen (secondary N) is 1. The average molecular weight is 505 g/mol. The molecule has 7 heteroatoms. The molecule has 1 saturated heterocycles. The summed E-state index contributed by atoms with van der Waals surface area (Å²) in [5.41, 5.74) is 3.30. The Balaban J connectivity index is 1.60. The molecular weight excluding hydrogens is 473 g/mol. The second-order valence-electron chi connectivity index (χ2n) is 10.7. The number of hydrogen-bond donors (Lipinski definition) is 1. The summed E-state index contributed by atoms with van der Waals surface area (Å²) in [6, 6.07) is 18.0. The number of alkyl halides is 3. The molecule has 4 nitrogen and oxygen atoms in total. The minimum Gasteiger partial charge on any atom is -0.357 e. The fraction of sp³-hybridized carbons (Fsp3) is 0.333. The number of anilines is 3. The number of hydrogen-bond acceptors (Lipinski definition) is 4. The first kappa shape index (κ1) is 25.1. The molecule has 5 rings (SSSR count). The second-order valence-corrected chi connectivity index (χ2v) is 10.7. The largest absolute Gasteiger partial charge is 0.418 e. The van der Waals surface area contributed by atoms with Gasteiger partial charge in [-0.1, -0.05) is 45.0 Å². The van der Waals surface area contributed by atoms with Gasteiger partial charge in [0, 0.05) is 42.0 Å². The standard InChI is InChI=1S/C30H31F3N4/c1-29(2,3)21-10-12-22(13-11-21)35-26-19-27(37-16-5-4-6-17-37)36-25-18-20(9-14-23(25)26)28-24(30(31,32)33)8-7-15-34-28/h7-15,18-19H,4-6,16-17H2,1-3H3,(H,35,36). The number of piperidine rings is 1. The van der Waals surface area contributed by atoms with E-state index >= 15 is 0 Å². The van der Waals surface area contributed by atoms with Crippen LogP contribution in [0, 0.1) is 0 Å². The van der Waals surface area contributed by atoms with Crippen LogP contribution in [0.15, 0.2) is 66.9 Å². The van der Waals surface area contributed by atoms with Crippen molar-refractivity contribution in [2.24, 2.45) is 0 Å². The Kier molecular flexibility index (Phi) is 6.56. The summed E-state index contributed by atoms with van der Waals surface area (Å²) in [4.78, 5) is 11.2. The van der Waals surface area contributed by atoms with E-state index in [0.717, 1.165) is 54.6 Å². The molecule has 2 aromatic carbocycles. The van der Waals surface area contributed by atoms with Gasteiger partial charge in [0.2, 0.25) is 0 Å². The zero-order valence-corrected chi connectivity index (χ0v) is 21.4. The van der Waals surface area contributed by atoms with E-state index in [9.17, 15) is 13.2 Å². The summed E-state index contributed by atoms with van der Waals surface area (Å²) in [5.74, 6) is 0.829. The van der Waals surface area contributed by atoms with Gasteiger partial charge in [0.15, 0.2) is 0 Å². The maximum atomic E-state index is 13.7. The highest BCUT2D eigenvalue weighted by atomic mass is 19.4. The van der Waals surface area contributed by atoms with Crippen LogP contribution < -0.4 is 10.2 Å². The molecule has 1 fully saturated rings. The SMILES string of the molecule is CC(C)(C)c1ccc(Nc2cc(N3CCCCC3)nc3cc(-c4ncccc4C(F)(F)F)ccc23)cc1. The first-order valence-corrected chi connectivity index (χ1v) is 12.7. The summed E-state index contributed by atoms with van der Waals surface area (Å²) in [5, 5.41) is 4.38. The zero-order chi connectivity index (χ0) is 26.2. The van der Waals surface area contributed by atoms with E-state index in [-0.39, 0.29) is 11.1 Å². The number of nitrogens with zero attached hydrogens (tertiary/aromatic N) is 3. The van der Waals surface area contributed by atoms with E-state index in [1.165, 1.54) is 24.2 Å². The predicted molar refractivity (Wildman–Crippen MR) is 144 cm³/mol. The smallest absolute Gasteiger partial charge is 0.357 e. The molecule has 0 unspecified atom stereocenters. The van der Waals surface area contributed by atoms with Crippen LogP contribution in [0.4, 0.5) is 30.4 Å². The Morgan fingerprint density at radius 3 is 2.27 bits per heavy atom. The minimum absolute atomic E-state index is 0.0560. The molecular formula is C30H31F3N4. The van der Waals surface area contributed by atoms with Gasteiger partial charge in [-0.05, 0) is 60.6 Å². The van der Waals surface area contributed by atoms with Crippen molar-refractivity contribution in [3.8, 4) is 11.3 Å². The molecule has 0 saturated carbocycles. The summed E-state index contributed by atoms with van der Waals surface area (Å²) >= 11 is 0. The maximum absolute atomic E-state index is 13.7. The van der Waals surface area contributed by atoms with Crippen molar-refractivity contribution >= 4 is 28.1 Å². The lowest BCUT2D eigenvalue weighted by Crippen LogP contribution is -2.30. The van der Waals surface area contributed by atoms with E-state index in [1.54, 1.807) is 12.1 Å². The Bertz CT molecular complexity index is 1400. The van der Waals surface area contributed by atoms with Crippen molar-refractivity contribution in [2.45, 2.75) is 51.6 Å². The summed E-state index contributed by atoms with van der Waals surface area (Å²) in [6.45, 7) is 8.37. The normalized spacial score (nSPS) is 14.7. The maximum Gasteiger partial charge on any atom is 0.418 e. The molecule has 1 N–H and O–H groups in total. The Morgan fingerprint density at radius 2 is 1.59 bits per heavy atom. The van der Waals surface area contributed by atoms with Crippen LogP contribution >= 0.6 is 0 Å². The van der Waals surface area contributed by atoms with Crippen LogP contribution in [0.1, 0.15) is 51.2 Å². The molecule has 2 aromatic heterocycles. The zero-order valence-electron chi connectivity index (χ0n) is 21.4. The first-order valence-electron chi connectivity index (χ1n) is 12.7. The Labute approximate surface area is 215 Å². The quantitative estimate of drug-likeness (QED) is 0.303. The summed E-state index contributed by atoms with van der Waals surface area (Å²) in [6.07, 6.45) is 0.285. The molecule has 0 bridgehead atoms. The van der Waals surface area contributed by atoms with Crippen LogP contribution in [-0.2, 0) is 11.6 Å². The monoisotopic (exact) mass is 504 g/mol. The molecule has 37 heavy (non-hydrogen) atoms. The van der Waals surface area contributed by atoms with Crippen LogP contribution in [0.2, 0.25) is 0 Å². The highest BCUT2D eigenvalue weighted by Crippen LogP contribution is 2.38. The van der Waals surface area contributed by atoms with Gasteiger partial charge in [-0.3, -0.25) is 4.98 Å². The van der Waals surface area contributed by atoms with Gasteiger partial charge in [-0.2, -0.15) is 13.2 Å². The van der Waals surface area contributed by atoms with E-state index in [4.69, 9.17) is 4.98 Å². The minimum atomic E-state index is -4.49. The number of halogens is 3. The van der Waals surface area contributed by atoms with Gasteiger partial charge < -0.3 is 10.2 Å². The van der Waals surface area contributed by atoms with Gasteiger partial charge in [0.05, 0.1) is 22.5 Å². The topological polar surface area (TPSA) is 41.0 Å². The molecule has 0 aliphatic carbocycles. The Morgan fingerprint density at radius 1 is 0.865 bits per heavy atom. The van der Waals surface area contributed by atoms with Gasteiger partial charge in [0.25, 0.3) is 0 Å². The number of pyridine rings is 2. The highest BCUT2D eigenvalue weighted by molar-refractivity contribution is 5.97. The van der Waals surface area contributed by atoms with Crippen LogP contribution in [0.25, 0.3) is 22.2 Å². The highest BCUT2D eigenvalue weighted by Gasteiger charge is 2.34. The molecule has 3 heterocycles. The average Bonchev–Trinajstić information content (AvgIpc) is 2.88. The lowest BCUT2D eigenvalue weighted by molar-refractivity contribution is -0.137. The lowest BCUT2D eigenvalue weighted by atomic mass is 9.87. The van der Waals surface area contributed by atoms with E-state index in [2.05, 4.69) is 60.2 Å². The van der Waals surface area contributed by atoms with E-state index in [0.29, 0.717) is 11.1 Å². The Hall–Kier alpha value is -3.61. The first-order chi connectivity index (χ1) is 17.6. The number of benzene rings is 2. The van der Waals surface area contributed by atoms with Crippen molar-refractivity contribution in [1.29, 1.82) is 0 Å². The van der Waals surface area contributed by atoms with Crippen LogP contribution in [0.5, 0.6) is 0 Å². The van der Waals surface area contributed by atoms with Gasteiger partial charge in [0.1, 0.15) is 5.82 Å². The lowest BCUT2D eigenvalue weighted by Gasteiger charge is -2.28. The molecule has 0 spiro atoms. The fourth-order valence-electron chi connectivity index (χ4n) is 4.82. The third-order valence-corrected chi connectivity index (χ3v) is 6.89. The van der Waals surface area contributed by atoms with Gasteiger partial charge in [-0.25, -0.2) is 4.98 Å². The third-order valence-electron chi connectivity index (χ3n) is 6.89. The molecule has 4 aromatic rings. The molecule has 0 amide bonds. The molecule has 192 valence electrons. The van der Waals surface area contributed by atoms with E-state index in [1.807, 2.05) is 12.1 Å². The van der Waals surface area contributed by atoms with Crippen molar-refractivity contribution in [2.75, 3.05) is 23.3 Å². The molecule has 0 radical (unpaired) electrons. The van der Waals surface area contributed by atoms with Crippen molar-refractivity contribution in [3.63, 3.8) is 0 Å². The summed E-state index contributed by atoms with van der Waals surface area (Å²) in [7, 11) is 0. The number of aromatic nitrogens is 2. The third kappa shape index (κ3) is 5.41. The van der Waals surface area contributed by atoms with Crippen molar-refractivity contribution in [1.82, 2.24) is 9.97 Å². The molecule has 1 aliphatic rings. The van der Waals surface area contributed by atoms with Crippen LogP contribution in [0.3, 0.4) is 0 Å². The molecule has 1 aliphatic heterocycles. The second kappa shape index (κ2) is 9.69. The predicted octanol–water partition coefficient (Wildman–Crippen LogP) is 8.35. The van der Waals surface area contributed by atoms with Crippen molar-refractivity contribution < 1.29 is 13.2 Å². The van der Waals surface area contributed by atoms with Gasteiger partial charge >= 0.3 is 6.18 Å². The number of fused-ring (bicyclic) bond motifs is 1.